The lowest BCUT2D eigenvalue weighted by Gasteiger charge is -2.31. The molecule has 106 valence electrons. The maximum absolute atomic E-state index is 5.51. The van der Waals surface area contributed by atoms with E-state index in [2.05, 4.69) is 29.4 Å². The van der Waals surface area contributed by atoms with E-state index in [1.165, 1.54) is 29.7 Å². The van der Waals surface area contributed by atoms with Gasteiger partial charge in [-0.05, 0) is 50.4 Å². The highest BCUT2D eigenvalue weighted by atomic mass is 16.3. The number of hydrogen-bond donors (Lipinski definition) is 1. The summed E-state index contributed by atoms with van der Waals surface area (Å²) in [7, 11) is 0. The number of nitrogens with one attached hydrogen (secondary N) is 1. The molecule has 2 aromatic rings. The zero-order chi connectivity index (χ0) is 13.9. The minimum atomic E-state index is 0.299. The lowest BCUT2D eigenvalue weighted by molar-refractivity contribution is 0.394. The third-order valence-corrected chi connectivity index (χ3v) is 4.30. The second kappa shape index (κ2) is 5.80. The van der Waals surface area contributed by atoms with Crippen LogP contribution >= 0.6 is 0 Å². The molecular formula is C17H22N2O. The largest absolute Gasteiger partial charge is 0.469 e. The van der Waals surface area contributed by atoms with E-state index in [4.69, 9.17) is 4.42 Å². The van der Waals surface area contributed by atoms with Gasteiger partial charge in [0, 0.05) is 29.4 Å². The van der Waals surface area contributed by atoms with Gasteiger partial charge < -0.3 is 9.73 Å². The van der Waals surface area contributed by atoms with Crippen LogP contribution in [0.1, 0.15) is 54.3 Å². The molecule has 1 N–H and O–H groups in total. The molecule has 1 aliphatic carbocycles. The molecule has 0 fully saturated rings. The molecule has 1 aliphatic rings. The summed E-state index contributed by atoms with van der Waals surface area (Å²) in [5.74, 6) is 1.45. The Labute approximate surface area is 120 Å². The monoisotopic (exact) mass is 270 g/mol. The molecule has 0 aromatic carbocycles. The zero-order valence-corrected chi connectivity index (χ0v) is 12.2. The second-order valence-corrected chi connectivity index (χ2v) is 5.51. The summed E-state index contributed by atoms with van der Waals surface area (Å²) in [6, 6.07) is 6.67. The molecule has 3 rings (SSSR count). The predicted octanol–water partition coefficient (Wildman–Crippen LogP) is 3.75. The van der Waals surface area contributed by atoms with Crippen molar-refractivity contribution in [2.45, 2.75) is 45.1 Å². The van der Waals surface area contributed by atoms with Gasteiger partial charge in [-0.2, -0.15) is 0 Å². The van der Waals surface area contributed by atoms with E-state index < -0.39 is 0 Å². The molecule has 0 spiro atoms. The van der Waals surface area contributed by atoms with Gasteiger partial charge in [0.25, 0.3) is 0 Å². The maximum atomic E-state index is 5.51. The Morgan fingerprint density at radius 2 is 2.35 bits per heavy atom. The van der Waals surface area contributed by atoms with Crippen LogP contribution in [0, 0.1) is 6.92 Å². The van der Waals surface area contributed by atoms with Crippen molar-refractivity contribution in [3.63, 3.8) is 0 Å². The molecule has 2 heterocycles. The standard InChI is InChI=1S/C17H22N2O/c1-3-18-17(14-9-11-20-12(14)2)15-8-4-6-13-7-5-10-19-16(13)15/h5,7,9-11,15,17-18H,3-4,6,8H2,1-2H3. The van der Waals surface area contributed by atoms with Crippen molar-refractivity contribution in [3.05, 3.63) is 53.2 Å². The molecule has 0 radical (unpaired) electrons. The molecule has 0 amide bonds. The number of pyridine rings is 1. The summed E-state index contributed by atoms with van der Waals surface area (Å²) in [6.07, 6.45) is 7.29. The van der Waals surface area contributed by atoms with Crippen molar-refractivity contribution in [2.24, 2.45) is 0 Å². The summed E-state index contributed by atoms with van der Waals surface area (Å²) < 4.78 is 5.51. The van der Waals surface area contributed by atoms with Crippen LogP contribution in [0.25, 0.3) is 0 Å². The molecule has 0 saturated carbocycles. The summed E-state index contributed by atoms with van der Waals surface area (Å²) in [5, 5.41) is 3.64. The van der Waals surface area contributed by atoms with E-state index in [0.717, 1.165) is 18.7 Å². The van der Waals surface area contributed by atoms with Crippen LogP contribution < -0.4 is 5.32 Å². The van der Waals surface area contributed by atoms with Gasteiger partial charge >= 0.3 is 0 Å². The van der Waals surface area contributed by atoms with E-state index in [1.807, 2.05) is 19.2 Å². The van der Waals surface area contributed by atoms with Crippen LogP contribution in [0.2, 0.25) is 0 Å². The van der Waals surface area contributed by atoms with Crippen molar-refractivity contribution in [1.82, 2.24) is 10.3 Å². The van der Waals surface area contributed by atoms with Crippen LogP contribution in [0.15, 0.2) is 35.1 Å². The van der Waals surface area contributed by atoms with E-state index in [0.29, 0.717) is 12.0 Å². The first-order chi connectivity index (χ1) is 9.81. The Kier molecular flexibility index (Phi) is 3.88. The second-order valence-electron chi connectivity index (χ2n) is 5.51. The number of likely N-dealkylation sites (N-methyl/N-ethyl adjacent to an activating group) is 1. The van der Waals surface area contributed by atoms with Crippen molar-refractivity contribution < 1.29 is 4.42 Å². The molecule has 0 saturated heterocycles. The van der Waals surface area contributed by atoms with Gasteiger partial charge in [0.15, 0.2) is 0 Å². The molecule has 2 unspecified atom stereocenters. The Morgan fingerprint density at radius 3 is 3.10 bits per heavy atom. The quantitative estimate of drug-likeness (QED) is 0.919. The van der Waals surface area contributed by atoms with E-state index in [1.54, 1.807) is 6.26 Å². The predicted molar refractivity (Wildman–Crippen MR) is 79.8 cm³/mol. The summed E-state index contributed by atoms with van der Waals surface area (Å²) in [6.45, 7) is 5.15. The zero-order valence-electron chi connectivity index (χ0n) is 12.2. The average Bonchev–Trinajstić information content (AvgIpc) is 2.90. The number of aryl methyl sites for hydroxylation is 2. The number of nitrogens with zero attached hydrogens (tertiary/aromatic N) is 1. The van der Waals surface area contributed by atoms with E-state index in [9.17, 15) is 0 Å². The lowest BCUT2D eigenvalue weighted by atomic mass is 9.79. The number of furan rings is 1. The highest BCUT2D eigenvalue weighted by Gasteiger charge is 2.31. The van der Waals surface area contributed by atoms with Crippen molar-refractivity contribution >= 4 is 0 Å². The smallest absolute Gasteiger partial charge is 0.105 e. The molecule has 3 heteroatoms. The summed E-state index contributed by atoms with van der Waals surface area (Å²) in [4.78, 5) is 4.67. The minimum absolute atomic E-state index is 0.299. The first-order valence-corrected chi connectivity index (χ1v) is 7.52. The van der Waals surface area contributed by atoms with Gasteiger partial charge in [0.05, 0.1) is 6.26 Å². The van der Waals surface area contributed by atoms with Crippen molar-refractivity contribution in [2.75, 3.05) is 6.54 Å². The van der Waals surface area contributed by atoms with Gasteiger partial charge in [-0.15, -0.1) is 0 Å². The molecule has 3 nitrogen and oxygen atoms in total. The van der Waals surface area contributed by atoms with Crippen LogP contribution in [-0.4, -0.2) is 11.5 Å². The highest BCUT2D eigenvalue weighted by molar-refractivity contribution is 5.32. The Morgan fingerprint density at radius 1 is 1.45 bits per heavy atom. The first-order valence-electron chi connectivity index (χ1n) is 7.52. The molecule has 2 aromatic heterocycles. The number of hydrogen-bond acceptors (Lipinski definition) is 3. The van der Waals surface area contributed by atoms with Crippen molar-refractivity contribution in [1.29, 1.82) is 0 Å². The molecule has 0 aliphatic heterocycles. The molecule has 20 heavy (non-hydrogen) atoms. The normalized spacial score (nSPS) is 19.6. The Bertz CT molecular complexity index is 576. The van der Waals surface area contributed by atoms with Gasteiger partial charge in [0.2, 0.25) is 0 Å². The fourth-order valence-electron chi connectivity index (χ4n) is 3.38. The summed E-state index contributed by atoms with van der Waals surface area (Å²) >= 11 is 0. The van der Waals surface area contributed by atoms with Gasteiger partial charge in [-0.25, -0.2) is 0 Å². The molecule has 2 atom stereocenters. The third-order valence-electron chi connectivity index (χ3n) is 4.30. The third kappa shape index (κ3) is 2.38. The van der Waals surface area contributed by atoms with Gasteiger partial charge in [-0.3, -0.25) is 4.98 Å². The minimum Gasteiger partial charge on any atom is -0.469 e. The van der Waals surface area contributed by atoms with Gasteiger partial charge in [0.1, 0.15) is 5.76 Å². The van der Waals surface area contributed by atoms with E-state index in [-0.39, 0.29) is 0 Å². The molecular weight excluding hydrogens is 248 g/mol. The Balaban J connectivity index is 1.99. The average molecular weight is 270 g/mol. The van der Waals surface area contributed by atoms with Crippen LogP contribution in [0.4, 0.5) is 0 Å². The maximum Gasteiger partial charge on any atom is 0.105 e. The topological polar surface area (TPSA) is 38.1 Å². The first kappa shape index (κ1) is 13.4. The summed E-state index contributed by atoms with van der Waals surface area (Å²) in [5.41, 5.74) is 3.95. The van der Waals surface area contributed by atoms with Crippen molar-refractivity contribution in [3.8, 4) is 0 Å². The lowest BCUT2D eigenvalue weighted by Crippen LogP contribution is -2.30. The highest BCUT2D eigenvalue weighted by Crippen LogP contribution is 2.40. The van der Waals surface area contributed by atoms with Crippen LogP contribution in [0.5, 0.6) is 0 Å². The van der Waals surface area contributed by atoms with Crippen LogP contribution in [-0.2, 0) is 6.42 Å². The van der Waals surface area contributed by atoms with Gasteiger partial charge in [-0.1, -0.05) is 13.0 Å². The van der Waals surface area contributed by atoms with Crippen LogP contribution in [0.3, 0.4) is 0 Å². The van der Waals surface area contributed by atoms with E-state index >= 15 is 0 Å². The fraction of sp³-hybridized carbons (Fsp3) is 0.471. The number of fused-ring (bicyclic) bond motifs is 1. The Hall–Kier alpha value is -1.61. The SMILES string of the molecule is CCNC(c1ccoc1C)C1CCCc2cccnc21. The number of rotatable bonds is 4. The molecule has 0 bridgehead atoms. The number of aromatic nitrogens is 1. The fourth-order valence-corrected chi connectivity index (χ4v) is 3.38.